The number of hydrogen-bond donors (Lipinski definition) is 0. The zero-order chi connectivity index (χ0) is 44.3. The van der Waals surface area contributed by atoms with Crippen LogP contribution in [0.3, 0.4) is 0 Å². The van der Waals surface area contributed by atoms with Crippen LogP contribution in [0.2, 0.25) is 0 Å². The van der Waals surface area contributed by atoms with Crippen LogP contribution in [0.25, 0.3) is 111 Å². The smallest absolute Gasteiger partial charge is 0.164 e. The van der Waals surface area contributed by atoms with E-state index in [2.05, 4.69) is 225 Å². The van der Waals surface area contributed by atoms with Crippen molar-refractivity contribution in [3.8, 4) is 45.5 Å². The van der Waals surface area contributed by atoms with Crippen molar-refractivity contribution in [2.75, 3.05) is 0 Å². The maximum atomic E-state index is 5.32. The third-order valence-electron chi connectivity index (χ3n) is 14.6. The molecule has 0 saturated heterocycles. The summed E-state index contributed by atoms with van der Waals surface area (Å²) >= 11 is 0. The second kappa shape index (κ2) is 14.3. The van der Waals surface area contributed by atoms with E-state index in [0.717, 1.165) is 60.6 Å². The Labute approximate surface area is 383 Å². The fraction of sp³-hybridized carbons (Fsp3) is 0.131. The van der Waals surface area contributed by atoms with Gasteiger partial charge in [-0.05, 0) is 117 Å². The van der Waals surface area contributed by atoms with E-state index in [1.807, 2.05) is 0 Å². The first-order chi connectivity index (χ1) is 32.2. The highest BCUT2D eigenvalue weighted by molar-refractivity contribution is 6.11. The van der Waals surface area contributed by atoms with Crippen LogP contribution in [0.4, 0.5) is 0 Å². The molecule has 0 bridgehead atoms. The zero-order valence-corrected chi connectivity index (χ0v) is 37.5. The van der Waals surface area contributed by atoms with Crippen LogP contribution in [0, 0.1) is 0 Å². The molecule has 0 radical (unpaired) electrons. The average Bonchev–Trinajstić information content (AvgIpc) is 3.87. The molecule has 0 amide bonds. The Morgan fingerprint density at radius 2 is 0.864 bits per heavy atom. The monoisotopic (exact) mass is 849 g/mol. The molecule has 9 aromatic carbocycles. The lowest BCUT2D eigenvalue weighted by Crippen LogP contribution is -2.33. The number of rotatable bonds is 5. The second-order valence-electron chi connectivity index (χ2n) is 19.5. The van der Waals surface area contributed by atoms with Gasteiger partial charge in [0.15, 0.2) is 17.5 Å². The van der Waals surface area contributed by atoms with Gasteiger partial charge in [0.05, 0.1) is 22.1 Å². The Bertz CT molecular complexity index is 3900. The molecule has 0 unspecified atom stereocenters. The van der Waals surface area contributed by atoms with Gasteiger partial charge in [-0.2, -0.15) is 0 Å². The lowest BCUT2D eigenvalue weighted by molar-refractivity contribution is 0.332. The minimum atomic E-state index is 0.0965. The summed E-state index contributed by atoms with van der Waals surface area (Å²) in [5, 5.41) is 9.57. The first-order valence-electron chi connectivity index (χ1n) is 23.1. The number of hydrogen-bond acceptors (Lipinski definition) is 3. The van der Waals surface area contributed by atoms with Crippen molar-refractivity contribution >= 4 is 65.2 Å². The highest BCUT2D eigenvalue weighted by Crippen LogP contribution is 2.49. The Balaban J connectivity index is 0.992. The van der Waals surface area contributed by atoms with E-state index in [-0.39, 0.29) is 10.8 Å². The topological polar surface area (TPSA) is 48.5 Å². The van der Waals surface area contributed by atoms with Crippen LogP contribution in [-0.4, -0.2) is 24.1 Å². The highest BCUT2D eigenvalue weighted by Gasteiger charge is 2.38. The molecule has 0 atom stereocenters. The molecule has 1 aliphatic rings. The molecule has 316 valence electrons. The van der Waals surface area contributed by atoms with E-state index in [4.69, 9.17) is 15.0 Å². The van der Waals surface area contributed by atoms with Gasteiger partial charge in [-0.25, -0.2) is 15.0 Å². The molecule has 66 heavy (non-hydrogen) atoms. The van der Waals surface area contributed by atoms with Gasteiger partial charge in [-0.15, -0.1) is 0 Å². The molecule has 0 saturated carbocycles. The number of aromatic nitrogens is 5. The molecule has 13 rings (SSSR count). The molecular weight excluding hydrogens is 803 g/mol. The largest absolute Gasteiger partial charge is 0.309 e. The van der Waals surface area contributed by atoms with E-state index in [1.54, 1.807) is 0 Å². The SMILES string of the molecule is CC1(C)CCC(C)(C)c2cc3c(cc21)c1ccccc1n3-c1ccc2ccc(-c3nc(-c4cccc(-n5c6ccccc6c6ccccc65)c4)nc(-c4cccc5ccccc45)n3)cc2c1. The molecule has 1 aliphatic carbocycles. The molecule has 3 heterocycles. The van der Waals surface area contributed by atoms with Crippen molar-refractivity contribution < 1.29 is 0 Å². The zero-order valence-electron chi connectivity index (χ0n) is 37.5. The third-order valence-corrected chi connectivity index (χ3v) is 14.6. The van der Waals surface area contributed by atoms with Crippen LogP contribution in [0.15, 0.2) is 188 Å². The van der Waals surface area contributed by atoms with Gasteiger partial charge in [-0.3, -0.25) is 0 Å². The number of benzene rings is 9. The van der Waals surface area contributed by atoms with Gasteiger partial charge in [0.25, 0.3) is 0 Å². The predicted octanol–water partition coefficient (Wildman–Crippen LogP) is 15.7. The quantitative estimate of drug-likeness (QED) is 0.173. The van der Waals surface area contributed by atoms with E-state index < -0.39 is 0 Å². The lowest BCUT2D eigenvalue weighted by Gasteiger charge is -2.42. The molecule has 3 aromatic heterocycles. The highest BCUT2D eigenvalue weighted by atomic mass is 15.0. The first-order valence-corrected chi connectivity index (χ1v) is 23.1. The lowest BCUT2D eigenvalue weighted by atomic mass is 9.63. The Morgan fingerprint density at radius 3 is 1.56 bits per heavy atom. The summed E-state index contributed by atoms with van der Waals surface area (Å²) < 4.78 is 4.81. The summed E-state index contributed by atoms with van der Waals surface area (Å²) in [6.45, 7) is 9.66. The predicted molar refractivity (Wildman–Crippen MR) is 275 cm³/mol. The number of para-hydroxylation sites is 3. The molecule has 5 heteroatoms. The van der Waals surface area contributed by atoms with Crippen LogP contribution in [0.1, 0.15) is 51.7 Å². The van der Waals surface area contributed by atoms with E-state index in [0.29, 0.717) is 17.5 Å². The first kappa shape index (κ1) is 38.6. The number of fused-ring (bicyclic) bond motifs is 9. The summed E-state index contributed by atoms with van der Waals surface area (Å²) in [4.78, 5) is 15.9. The minimum Gasteiger partial charge on any atom is -0.309 e. The molecule has 0 fully saturated rings. The summed E-state index contributed by atoms with van der Waals surface area (Å²) in [7, 11) is 0. The maximum Gasteiger partial charge on any atom is 0.164 e. The Morgan fingerprint density at radius 1 is 0.348 bits per heavy atom. The van der Waals surface area contributed by atoms with E-state index in [9.17, 15) is 0 Å². The fourth-order valence-corrected chi connectivity index (χ4v) is 11.0. The van der Waals surface area contributed by atoms with Gasteiger partial charge in [0.1, 0.15) is 0 Å². The average molecular weight is 850 g/mol. The van der Waals surface area contributed by atoms with Crippen LogP contribution in [0.5, 0.6) is 0 Å². The molecule has 0 aliphatic heterocycles. The van der Waals surface area contributed by atoms with Crippen molar-refractivity contribution in [3.05, 3.63) is 199 Å². The second-order valence-corrected chi connectivity index (χ2v) is 19.5. The van der Waals surface area contributed by atoms with Gasteiger partial charge in [0.2, 0.25) is 0 Å². The molecule has 12 aromatic rings. The standard InChI is InChI=1S/C61H47N5/c1-60(2)31-32-61(3,4)52-37-56-50(36-51(52)60)48-22-9-12-26-55(48)66(56)44-30-29-38-27-28-41(33-42(38)35-44)58-62-57(63-59(64-58)49-23-14-16-39-15-5-6-19-45(39)49)40-17-13-18-43(34-40)65-53-24-10-7-20-46(53)47-21-8-11-25-54(47)65/h5-30,33-37H,31-32H2,1-4H3. The van der Waals surface area contributed by atoms with Crippen LogP contribution >= 0.6 is 0 Å². The normalized spacial score (nSPS) is 14.5. The minimum absolute atomic E-state index is 0.0965. The van der Waals surface area contributed by atoms with Crippen LogP contribution in [-0.2, 0) is 10.8 Å². The Hall–Kier alpha value is -7.89. The molecule has 0 N–H and O–H groups in total. The maximum absolute atomic E-state index is 5.32. The van der Waals surface area contributed by atoms with Gasteiger partial charge < -0.3 is 9.13 Å². The fourth-order valence-electron chi connectivity index (χ4n) is 11.0. The van der Waals surface area contributed by atoms with Crippen molar-refractivity contribution in [1.82, 2.24) is 24.1 Å². The third kappa shape index (κ3) is 5.96. The summed E-state index contributed by atoms with van der Waals surface area (Å²) in [5.74, 6) is 1.90. The van der Waals surface area contributed by atoms with Crippen LogP contribution < -0.4 is 0 Å². The Kier molecular flexibility index (Phi) is 8.36. The molecular formula is C61H47N5. The summed E-state index contributed by atoms with van der Waals surface area (Å²) in [6.07, 6.45) is 2.36. The molecule has 0 spiro atoms. The number of nitrogens with zero attached hydrogens (tertiary/aromatic N) is 5. The molecule has 5 nitrogen and oxygen atoms in total. The summed E-state index contributed by atoms with van der Waals surface area (Å²) in [5.41, 5.74) is 13.0. The van der Waals surface area contributed by atoms with Gasteiger partial charge in [0, 0.05) is 49.6 Å². The van der Waals surface area contributed by atoms with E-state index in [1.165, 1.54) is 56.5 Å². The van der Waals surface area contributed by atoms with E-state index >= 15 is 0 Å². The van der Waals surface area contributed by atoms with Crippen molar-refractivity contribution in [2.24, 2.45) is 0 Å². The van der Waals surface area contributed by atoms with Gasteiger partial charge in [-0.1, -0.05) is 155 Å². The summed E-state index contributed by atoms with van der Waals surface area (Å²) in [6, 6.07) is 68.0. The van der Waals surface area contributed by atoms with Crippen molar-refractivity contribution in [2.45, 2.75) is 51.4 Å². The van der Waals surface area contributed by atoms with Gasteiger partial charge >= 0.3 is 0 Å². The van der Waals surface area contributed by atoms with Crippen molar-refractivity contribution in [3.63, 3.8) is 0 Å². The van der Waals surface area contributed by atoms with Crippen molar-refractivity contribution in [1.29, 1.82) is 0 Å².